The molecule has 2 N–H and O–H groups in total. The third-order valence-electron chi connectivity index (χ3n) is 3.55. The number of likely N-dealkylation sites (N-methyl/N-ethyl adjacent to an activating group) is 1. The SMILES string of the molecule is CCC(CSC)N(C)C(CN)c1cccc(C)c1. The third-order valence-corrected chi connectivity index (χ3v) is 4.27. The molecule has 1 aromatic carbocycles. The fourth-order valence-electron chi connectivity index (χ4n) is 2.39. The lowest BCUT2D eigenvalue weighted by atomic mass is 10.0. The number of benzene rings is 1. The Hall–Kier alpha value is -0.510. The van der Waals surface area contributed by atoms with Crippen molar-refractivity contribution in [3.8, 4) is 0 Å². The van der Waals surface area contributed by atoms with Crippen molar-refractivity contribution in [2.45, 2.75) is 32.4 Å². The van der Waals surface area contributed by atoms with Gasteiger partial charge in [-0.2, -0.15) is 11.8 Å². The normalized spacial score (nSPS) is 14.8. The lowest BCUT2D eigenvalue weighted by Crippen LogP contribution is -2.39. The number of hydrogen-bond acceptors (Lipinski definition) is 3. The Morgan fingerprint density at radius 3 is 2.61 bits per heavy atom. The Morgan fingerprint density at radius 2 is 2.11 bits per heavy atom. The maximum Gasteiger partial charge on any atom is 0.0470 e. The van der Waals surface area contributed by atoms with Crippen LogP contribution in [0.5, 0.6) is 0 Å². The molecular formula is C15H26N2S. The van der Waals surface area contributed by atoms with Gasteiger partial charge in [0.2, 0.25) is 0 Å². The van der Waals surface area contributed by atoms with Crippen molar-refractivity contribution < 1.29 is 0 Å². The smallest absolute Gasteiger partial charge is 0.0470 e. The van der Waals surface area contributed by atoms with E-state index in [4.69, 9.17) is 5.73 Å². The highest BCUT2D eigenvalue weighted by molar-refractivity contribution is 7.98. The zero-order valence-corrected chi connectivity index (χ0v) is 12.8. The number of hydrogen-bond donors (Lipinski definition) is 1. The van der Waals surface area contributed by atoms with Gasteiger partial charge in [0, 0.05) is 24.4 Å². The van der Waals surface area contributed by atoms with Gasteiger partial charge < -0.3 is 5.73 Å². The molecule has 0 radical (unpaired) electrons. The van der Waals surface area contributed by atoms with Crippen molar-refractivity contribution in [3.05, 3.63) is 35.4 Å². The highest BCUT2D eigenvalue weighted by Crippen LogP contribution is 2.23. The Kier molecular flexibility index (Phi) is 6.76. The number of nitrogens with zero attached hydrogens (tertiary/aromatic N) is 1. The van der Waals surface area contributed by atoms with Gasteiger partial charge in [-0.15, -0.1) is 0 Å². The summed E-state index contributed by atoms with van der Waals surface area (Å²) in [6, 6.07) is 9.61. The van der Waals surface area contributed by atoms with Crippen LogP contribution < -0.4 is 5.73 Å². The standard InChI is InChI=1S/C15H26N2S/c1-5-14(11-18-4)17(3)15(10-16)13-8-6-7-12(2)9-13/h6-9,14-15H,5,10-11,16H2,1-4H3. The third kappa shape index (κ3) is 4.01. The molecule has 1 aromatic rings. The van der Waals surface area contributed by atoms with Crippen LogP contribution in [0.15, 0.2) is 24.3 Å². The lowest BCUT2D eigenvalue weighted by Gasteiger charge is -2.34. The van der Waals surface area contributed by atoms with Crippen LogP contribution in [0.4, 0.5) is 0 Å². The van der Waals surface area contributed by atoms with Crippen molar-refractivity contribution in [3.63, 3.8) is 0 Å². The maximum atomic E-state index is 6.00. The van der Waals surface area contributed by atoms with Crippen molar-refractivity contribution in [1.29, 1.82) is 0 Å². The molecule has 0 amide bonds. The quantitative estimate of drug-likeness (QED) is 0.822. The fraction of sp³-hybridized carbons (Fsp3) is 0.600. The van der Waals surface area contributed by atoms with Crippen LogP contribution >= 0.6 is 11.8 Å². The van der Waals surface area contributed by atoms with Crippen LogP contribution in [0, 0.1) is 6.92 Å². The first-order chi connectivity index (χ1) is 8.63. The Balaban J connectivity index is 2.88. The van der Waals surface area contributed by atoms with E-state index in [9.17, 15) is 0 Å². The lowest BCUT2D eigenvalue weighted by molar-refractivity contribution is 0.188. The molecule has 0 saturated heterocycles. The Bertz CT molecular complexity index is 354. The van der Waals surface area contributed by atoms with Crippen LogP contribution in [0.2, 0.25) is 0 Å². The molecule has 18 heavy (non-hydrogen) atoms. The minimum absolute atomic E-state index is 0.321. The summed E-state index contributed by atoms with van der Waals surface area (Å²) in [5, 5.41) is 0. The first-order valence-corrected chi connectivity index (χ1v) is 8.00. The zero-order chi connectivity index (χ0) is 13.5. The Morgan fingerprint density at radius 1 is 1.39 bits per heavy atom. The Labute approximate surface area is 116 Å². The molecule has 0 fully saturated rings. The molecule has 2 nitrogen and oxygen atoms in total. The number of aryl methyl sites for hydroxylation is 1. The molecule has 0 bridgehead atoms. The summed E-state index contributed by atoms with van der Waals surface area (Å²) in [6.07, 6.45) is 3.33. The van der Waals surface area contributed by atoms with Crippen molar-refractivity contribution in [1.82, 2.24) is 4.90 Å². The van der Waals surface area contributed by atoms with Gasteiger partial charge in [-0.05, 0) is 32.2 Å². The topological polar surface area (TPSA) is 29.3 Å². The molecule has 2 unspecified atom stereocenters. The van der Waals surface area contributed by atoms with E-state index >= 15 is 0 Å². The van der Waals surface area contributed by atoms with Gasteiger partial charge in [-0.1, -0.05) is 36.8 Å². The number of nitrogens with two attached hydrogens (primary N) is 1. The van der Waals surface area contributed by atoms with Gasteiger partial charge in [-0.25, -0.2) is 0 Å². The minimum atomic E-state index is 0.321. The molecule has 0 saturated carbocycles. The molecular weight excluding hydrogens is 240 g/mol. The van der Waals surface area contributed by atoms with E-state index in [0.29, 0.717) is 18.6 Å². The molecule has 0 aromatic heterocycles. The summed E-state index contributed by atoms with van der Waals surface area (Å²) in [5.41, 5.74) is 8.63. The van der Waals surface area contributed by atoms with Crippen LogP contribution in [0.1, 0.15) is 30.5 Å². The summed E-state index contributed by atoms with van der Waals surface area (Å²) >= 11 is 1.91. The van der Waals surface area contributed by atoms with Crippen molar-refractivity contribution in [2.75, 3.05) is 25.6 Å². The van der Waals surface area contributed by atoms with E-state index in [1.165, 1.54) is 17.5 Å². The summed E-state index contributed by atoms with van der Waals surface area (Å²) in [6.45, 7) is 5.06. The molecule has 1 rings (SSSR count). The van der Waals surface area contributed by atoms with Gasteiger partial charge >= 0.3 is 0 Å². The summed E-state index contributed by atoms with van der Waals surface area (Å²) < 4.78 is 0. The molecule has 2 atom stereocenters. The number of thioether (sulfide) groups is 1. The van der Waals surface area contributed by atoms with Crippen LogP contribution in [0.25, 0.3) is 0 Å². The largest absolute Gasteiger partial charge is 0.329 e. The highest BCUT2D eigenvalue weighted by atomic mass is 32.2. The molecule has 102 valence electrons. The average molecular weight is 266 g/mol. The molecule has 0 heterocycles. The fourth-order valence-corrected chi connectivity index (χ4v) is 3.24. The molecule has 0 spiro atoms. The highest BCUT2D eigenvalue weighted by Gasteiger charge is 2.21. The second kappa shape index (κ2) is 7.82. The van der Waals surface area contributed by atoms with Gasteiger partial charge in [0.15, 0.2) is 0 Å². The molecule has 0 aliphatic heterocycles. The van der Waals surface area contributed by atoms with Gasteiger partial charge in [0.05, 0.1) is 0 Å². The van der Waals surface area contributed by atoms with E-state index in [1.54, 1.807) is 0 Å². The molecule has 0 aliphatic rings. The molecule has 0 aliphatic carbocycles. The van der Waals surface area contributed by atoms with Crippen molar-refractivity contribution in [2.24, 2.45) is 5.73 Å². The van der Waals surface area contributed by atoms with E-state index in [0.717, 1.165) is 5.75 Å². The van der Waals surface area contributed by atoms with Gasteiger partial charge in [0.25, 0.3) is 0 Å². The van der Waals surface area contributed by atoms with Crippen molar-refractivity contribution >= 4 is 11.8 Å². The summed E-state index contributed by atoms with van der Waals surface area (Å²) in [4.78, 5) is 2.44. The van der Waals surface area contributed by atoms with Gasteiger partial charge in [0.1, 0.15) is 0 Å². The van der Waals surface area contributed by atoms with E-state index in [-0.39, 0.29) is 0 Å². The summed E-state index contributed by atoms with van der Waals surface area (Å²) in [5.74, 6) is 1.16. The second-order valence-corrected chi connectivity index (χ2v) is 5.76. The van der Waals surface area contributed by atoms with E-state index in [1.807, 2.05) is 11.8 Å². The first-order valence-electron chi connectivity index (χ1n) is 6.61. The van der Waals surface area contributed by atoms with E-state index in [2.05, 4.69) is 56.3 Å². The monoisotopic (exact) mass is 266 g/mol. The second-order valence-electron chi connectivity index (χ2n) is 4.85. The zero-order valence-electron chi connectivity index (χ0n) is 12.0. The van der Waals surface area contributed by atoms with Crippen LogP contribution in [-0.2, 0) is 0 Å². The first kappa shape index (κ1) is 15.5. The van der Waals surface area contributed by atoms with E-state index < -0.39 is 0 Å². The molecule has 3 heteroatoms. The van der Waals surface area contributed by atoms with Gasteiger partial charge in [-0.3, -0.25) is 4.90 Å². The van der Waals surface area contributed by atoms with Crippen LogP contribution in [-0.4, -0.2) is 36.5 Å². The predicted octanol–water partition coefficient (Wildman–Crippen LogP) is 3.07. The average Bonchev–Trinajstić information content (AvgIpc) is 2.36. The summed E-state index contributed by atoms with van der Waals surface area (Å²) in [7, 11) is 2.20. The minimum Gasteiger partial charge on any atom is -0.329 e. The van der Waals surface area contributed by atoms with Crippen LogP contribution in [0.3, 0.4) is 0 Å². The maximum absolute atomic E-state index is 6.00. The predicted molar refractivity (Wildman–Crippen MR) is 83.2 cm³/mol. The number of rotatable bonds is 7.